The molecule has 1 heterocycles. The highest BCUT2D eigenvalue weighted by atomic mass is 32.1. The van der Waals surface area contributed by atoms with Crippen LogP contribution in [0.4, 0.5) is 5.13 Å². The van der Waals surface area contributed by atoms with Crippen LogP contribution in [0.5, 0.6) is 0 Å². The van der Waals surface area contributed by atoms with Crippen LogP contribution in [-0.4, -0.2) is 36.4 Å². The maximum absolute atomic E-state index is 11.8. The molecule has 116 valence electrons. The summed E-state index contributed by atoms with van der Waals surface area (Å²) in [4.78, 5) is 30.5. The lowest BCUT2D eigenvalue weighted by Crippen LogP contribution is -2.27. The molecule has 2 rings (SSSR count). The summed E-state index contributed by atoms with van der Waals surface area (Å²) in [5, 5.41) is 0.767. The molecule has 0 saturated heterocycles. The van der Waals surface area contributed by atoms with Gasteiger partial charge in [-0.3, -0.25) is 4.79 Å². The number of rotatable bonds is 7. The zero-order valence-electron chi connectivity index (χ0n) is 13.0. The van der Waals surface area contributed by atoms with E-state index < -0.39 is 5.97 Å². The second-order valence-corrected chi connectivity index (χ2v) is 6.81. The van der Waals surface area contributed by atoms with Gasteiger partial charge >= 0.3 is 5.97 Å². The first-order valence-electron chi connectivity index (χ1n) is 7.30. The summed E-state index contributed by atoms with van der Waals surface area (Å²) in [6, 6.07) is 0.500. The standard InChI is InChI=1S/C15H22N2O3S/c1-9(2)7-8-17(11-5-6-11)15-16-12(14(19)20-4)13(21-15)10(3)18/h9,11H,5-8H2,1-4H3. The lowest BCUT2D eigenvalue weighted by Gasteiger charge is -2.22. The predicted octanol–water partition coefficient (Wildman–Crippen LogP) is 3.15. The number of hydrogen-bond acceptors (Lipinski definition) is 6. The van der Waals surface area contributed by atoms with Gasteiger partial charge in [0.2, 0.25) is 0 Å². The number of ketones is 1. The zero-order chi connectivity index (χ0) is 15.6. The Morgan fingerprint density at radius 2 is 2.10 bits per heavy atom. The average molecular weight is 310 g/mol. The van der Waals surface area contributed by atoms with Crippen molar-refractivity contribution in [3.63, 3.8) is 0 Å². The van der Waals surface area contributed by atoms with Crippen LogP contribution in [0, 0.1) is 5.92 Å². The van der Waals surface area contributed by atoms with Crippen LogP contribution in [0.25, 0.3) is 0 Å². The van der Waals surface area contributed by atoms with E-state index >= 15 is 0 Å². The number of nitrogens with zero attached hydrogens (tertiary/aromatic N) is 2. The van der Waals surface area contributed by atoms with Gasteiger partial charge in [-0.25, -0.2) is 9.78 Å². The highest BCUT2D eigenvalue weighted by Crippen LogP contribution is 2.36. The van der Waals surface area contributed by atoms with E-state index in [9.17, 15) is 9.59 Å². The lowest BCUT2D eigenvalue weighted by atomic mass is 10.1. The van der Waals surface area contributed by atoms with Crippen molar-refractivity contribution >= 4 is 28.2 Å². The third-order valence-electron chi connectivity index (χ3n) is 3.50. The van der Waals surface area contributed by atoms with E-state index in [4.69, 9.17) is 4.74 Å². The molecule has 1 aliphatic rings. The van der Waals surface area contributed by atoms with Crippen LogP contribution >= 0.6 is 11.3 Å². The second kappa shape index (κ2) is 6.56. The van der Waals surface area contributed by atoms with E-state index in [1.165, 1.54) is 25.4 Å². The Labute approximate surface area is 129 Å². The van der Waals surface area contributed by atoms with Crippen LogP contribution < -0.4 is 4.90 Å². The highest BCUT2D eigenvalue weighted by Gasteiger charge is 2.33. The number of esters is 1. The molecule has 0 aromatic carbocycles. The second-order valence-electron chi connectivity index (χ2n) is 5.83. The Balaban J connectivity index is 2.28. The van der Waals surface area contributed by atoms with Gasteiger partial charge in [-0.2, -0.15) is 0 Å². The molecule has 1 aliphatic carbocycles. The van der Waals surface area contributed by atoms with Gasteiger partial charge in [0.25, 0.3) is 0 Å². The molecule has 0 N–H and O–H groups in total. The smallest absolute Gasteiger partial charge is 0.358 e. The van der Waals surface area contributed by atoms with Crippen molar-refractivity contribution in [3.8, 4) is 0 Å². The molecular weight excluding hydrogens is 288 g/mol. The van der Waals surface area contributed by atoms with E-state index in [1.54, 1.807) is 0 Å². The van der Waals surface area contributed by atoms with Crippen LogP contribution in [0.3, 0.4) is 0 Å². The molecule has 0 spiro atoms. The Hall–Kier alpha value is -1.43. The quantitative estimate of drug-likeness (QED) is 0.572. The SMILES string of the molecule is COC(=O)c1nc(N(CCC(C)C)C2CC2)sc1C(C)=O. The van der Waals surface area contributed by atoms with Crippen LogP contribution in [0.2, 0.25) is 0 Å². The molecule has 0 atom stereocenters. The fourth-order valence-corrected chi connectivity index (χ4v) is 3.17. The number of methoxy groups -OCH3 is 1. The van der Waals surface area contributed by atoms with Crippen molar-refractivity contribution in [2.24, 2.45) is 5.92 Å². The van der Waals surface area contributed by atoms with Crippen molar-refractivity contribution in [1.82, 2.24) is 4.98 Å². The molecular formula is C15H22N2O3S. The minimum absolute atomic E-state index is 0.140. The summed E-state index contributed by atoms with van der Waals surface area (Å²) in [5.74, 6) is -0.0698. The van der Waals surface area contributed by atoms with Crippen LogP contribution in [0.15, 0.2) is 0 Å². The van der Waals surface area contributed by atoms with Crippen molar-refractivity contribution < 1.29 is 14.3 Å². The monoisotopic (exact) mass is 310 g/mol. The number of carbonyl (C=O) groups excluding carboxylic acids is 2. The molecule has 1 fully saturated rings. The van der Waals surface area contributed by atoms with Gasteiger partial charge < -0.3 is 9.64 Å². The molecule has 1 saturated carbocycles. The van der Waals surface area contributed by atoms with Crippen LogP contribution in [0.1, 0.15) is 60.2 Å². The van der Waals surface area contributed by atoms with Gasteiger partial charge in [0.15, 0.2) is 16.6 Å². The average Bonchev–Trinajstić information content (AvgIpc) is 3.15. The summed E-state index contributed by atoms with van der Waals surface area (Å²) >= 11 is 1.30. The Bertz CT molecular complexity index is 535. The molecule has 5 nitrogen and oxygen atoms in total. The highest BCUT2D eigenvalue weighted by molar-refractivity contribution is 7.17. The van der Waals surface area contributed by atoms with Crippen molar-refractivity contribution in [2.45, 2.75) is 46.1 Å². The van der Waals surface area contributed by atoms with E-state index in [-0.39, 0.29) is 11.5 Å². The van der Waals surface area contributed by atoms with Crippen molar-refractivity contribution in [2.75, 3.05) is 18.6 Å². The van der Waals surface area contributed by atoms with Crippen molar-refractivity contribution in [1.29, 1.82) is 0 Å². The topological polar surface area (TPSA) is 59.5 Å². The summed E-state index contributed by atoms with van der Waals surface area (Å²) in [6.45, 7) is 6.74. The fourth-order valence-electron chi connectivity index (χ4n) is 2.12. The van der Waals surface area contributed by atoms with Gasteiger partial charge in [0.1, 0.15) is 4.88 Å². The summed E-state index contributed by atoms with van der Waals surface area (Å²) < 4.78 is 4.73. The number of Topliss-reactive ketones (excluding diaryl/α,β-unsaturated/α-hetero) is 1. The van der Waals surface area contributed by atoms with Gasteiger partial charge in [0, 0.05) is 19.5 Å². The molecule has 1 aromatic heterocycles. The third kappa shape index (κ3) is 3.81. The van der Waals surface area contributed by atoms with Crippen molar-refractivity contribution in [3.05, 3.63) is 10.6 Å². The first kappa shape index (κ1) is 15.9. The van der Waals surface area contributed by atoms with E-state index in [0.29, 0.717) is 16.8 Å². The van der Waals surface area contributed by atoms with E-state index in [2.05, 4.69) is 23.7 Å². The number of aromatic nitrogens is 1. The van der Waals surface area contributed by atoms with Gasteiger partial charge in [-0.1, -0.05) is 25.2 Å². The van der Waals surface area contributed by atoms with Gasteiger partial charge in [-0.05, 0) is 25.2 Å². The Morgan fingerprint density at radius 1 is 1.43 bits per heavy atom. The fraction of sp³-hybridized carbons (Fsp3) is 0.667. The van der Waals surface area contributed by atoms with E-state index in [0.717, 1.165) is 30.9 Å². The number of anilines is 1. The Morgan fingerprint density at radius 3 is 2.57 bits per heavy atom. The molecule has 0 amide bonds. The maximum Gasteiger partial charge on any atom is 0.358 e. The minimum Gasteiger partial charge on any atom is -0.464 e. The largest absolute Gasteiger partial charge is 0.464 e. The number of carbonyl (C=O) groups is 2. The molecule has 0 radical (unpaired) electrons. The van der Waals surface area contributed by atoms with E-state index in [1.807, 2.05) is 0 Å². The Kier molecular flexibility index (Phi) is 4.98. The van der Waals surface area contributed by atoms with Gasteiger partial charge in [-0.15, -0.1) is 0 Å². The molecule has 6 heteroatoms. The predicted molar refractivity (Wildman–Crippen MR) is 83.3 cm³/mol. The summed E-state index contributed by atoms with van der Waals surface area (Å²) in [6.07, 6.45) is 3.38. The van der Waals surface area contributed by atoms with Gasteiger partial charge in [0.05, 0.1) is 7.11 Å². The normalized spacial score (nSPS) is 14.3. The lowest BCUT2D eigenvalue weighted by molar-refractivity contribution is 0.0591. The maximum atomic E-state index is 11.8. The first-order chi connectivity index (χ1) is 9.93. The third-order valence-corrected chi connectivity index (χ3v) is 4.69. The number of hydrogen-bond donors (Lipinski definition) is 0. The molecule has 0 aliphatic heterocycles. The molecule has 0 unspecified atom stereocenters. The minimum atomic E-state index is -0.540. The zero-order valence-corrected chi connectivity index (χ0v) is 13.8. The summed E-state index contributed by atoms with van der Waals surface area (Å²) in [5.41, 5.74) is 0.153. The molecule has 0 bridgehead atoms. The molecule has 1 aromatic rings. The number of ether oxygens (including phenoxy) is 1. The number of thiazole rings is 1. The molecule has 21 heavy (non-hydrogen) atoms. The van der Waals surface area contributed by atoms with Crippen LogP contribution in [-0.2, 0) is 4.74 Å². The first-order valence-corrected chi connectivity index (χ1v) is 8.12. The summed E-state index contributed by atoms with van der Waals surface area (Å²) in [7, 11) is 1.31.